The number of nitrogens with zero attached hydrogens (tertiary/aromatic N) is 1. The van der Waals surface area contributed by atoms with E-state index in [0.29, 0.717) is 0 Å². The van der Waals surface area contributed by atoms with Gasteiger partial charge in [-0.05, 0) is 31.7 Å². The van der Waals surface area contributed by atoms with Crippen molar-refractivity contribution < 1.29 is 8.42 Å². The monoisotopic (exact) mass is 266 g/mol. The zero-order valence-corrected chi connectivity index (χ0v) is 11.2. The number of rotatable bonds is 4. The normalized spacial score (nSPS) is 21.7. The van der Waals surface area contributed by atoms with Crippen molar-refractivity contribution in [3.63, 3.8) is 0 Å². The Morgan fingerprint density at radius 2 is 2.06 bits per heavy atom. The molecule has 0 saturated carbocycles. The minimum Gasteiger partial charge on any atom is -0.305 e. The van der Waals surface area contributed by atoms with Gasteiger partial charge in [0.1, 0.15) is 0 Å². The second-order valence-electron chi connectivity index (χ2n) is 4.62. The molecule has 4 nitrogen and oxygen atoms in total. The Kier molecular flexibility index (Phi) is 4.16. The van der Waals surface area contributed by atoms with Crippen LogP contribution in [0.25, 0.3) is 6.08 Å². The maximum absolute atomic E-state index is 11.9. The molecule has 98 valence electrons. The number of likely N-dealkylation sites (tertiary alicyclic amines) is 1. The highest BCUT2D eigenvalue weighted by Gasteiger charge is 2.22. The standard InChI is InChI=1S/C13H18N2O2S/c1-15-9-7-13(11-15)14-18(16,17)10-8-12-5-3-2-4-6-12/h2-6,8,10,13-14H,7,9,11H2,1H3/b10-8+/t13-/m1/s1. The summed E-state index contributed by atoms with van der Waals surface area (Å²) in [5.74, 6) is 0. The summed E-state index contributed by atoms with van der Waals surface area (Å²) in [6, 6.07) is 9.43. The first-order valence-electron chi connectivity index (χ1n) is 5.99. The van der Waals surface area contributed by atoms with Crippen LogP contribution in [0.3, 0.4) is 0 Å². The fraction of sp³-hybridized carbons (Fsp3) is 0.385. The number of likely N-dealkylation sites (N-methyl/N-ethyl adjacent to an activating group) is 1. The van der Waals surface area contributed by atoms with Crippen LogP contribution >= 0.6 is 0 Å². The van der Waals surface area contributed by atoms with Crippen molar-refractivity contribution in [2.75, 3.05) is 20.1 Å². The summed E-state index contributed by atoms with van der Waals surface area (Å²) in [7, 11) is -1.35. The average molecular weight is 266 g/mol. The molecule has 0 aliphatic carbocycles. The molecule has 1 aliphatic heterocycles. The lowest BCUT2D eigenvalue weighted by Gasteiger charge is -2.10. The molecular formula is C13H18N2O2S. The van der Waals surface area contributed by atoms with Gasteiger partial charge >= 0.3 is 0 Å². The molecule has 18 heavy (non-hydrogen) atoms. The molecule has 0 amide bonds. The maximum atomic E-state index is 11.9. The van der Waals surface area contributed by atoms with E-state index in [1.165, 1.54) is 5.41 Å². The second-order valence-corrected chi connectivity index (χ2v) is 6.22. The van der Waals surface area contributed by atoms with Gasteiger partial charge in [-0.1, -0.05) is 30.3 Å². The summed E-state index contributed by atoms with van der Waals surface area (Å²) >= 11 is 0. The molecule has 0 aromatic heterocycles. The summed E-state index contributed by atoms with van der Waals surface area (Å²) < 4.78 is 26.4. The highest BCUT2D eigenvalue weighted by Crippen LogP contribution is 2.09. The molecule has 1 aromatic rings. The smallest absolute Gasteiger partial charge is 0.234 e. The van der Waals surface area contributed by atoms with Gasteiger partial charge < -0.3 is 4.90 Å². The molecule has 0 spiro atoms. The third-order valence-electron chi connectivity index (χ3n) is 2.96. The van der Waals surface area contributed by atoms with Crippen LogP contribution in [0, 0.1) is 0 Å². The van der Waals surface area contributed by atoms with Crippen LogP contribution in [0.5, 0.6) is 0 Å². The predicted molar refractivity (Wildman–Crippen MR) is 73.4 cm³/mol. The molecule has 1 heterocycles. The number of hydrogen-bond acceptors (Lipinski definition) is 3. The molecule has 2 rings (SSSR count). The first-order chi connectivity index (χ1) is 8.55. The van der Waals surface area contributed by atoms with Gasteiger partial charge in [-0.25, -0.2) is 13.1 Å². The van der Waals surface area contributed by atoms with Crippen molar-refractivity contribution in [1.82, 2.24) is 9.62 Å². The quantitative estimate of drug-likeness (QED) is 0.893. The van der Waals surface area contributed by atoms with Crippen molar-refractivity contribution in [3.05, 3.63) is 41.3 Å². The average Bonchev–Trinajstić information content (AvgIpc) is 2.73. The third-order valence-corrected chi connectivity index (χ3v) is 4.12. The highest BCUT2D eigenvalue weighted by atomic mass is 32.2. The fourth-order valence-corrected chi connectivity index (χ4v) is 3.11. The summed E-state index contributed by atoms with van der Waals surface area (Å²) in [5, 5.41) is 1.24. The Labute approximate surface area is 108 Å². The number of benzene rings is 1. The van der Waals surface area contributed by atoms with Crippen molar-refractivity contribution in [2.45, 2.75) is 12.5 Å². The fourth-order valence-electron chi connectivity index (χ4n) is 2.04. The molecule has 5 heteroatoms. The van der Waals surface area contributed by atoms with Crippen LogP contribution in [0.2, 0.25) is 0 Å². The number of hydrogen-bond donors (Lipinski definition) is 1. The van der Waals surface area contributed by atoms with Crippen LogP contribution in [0.15, 0.2) is 35.7 Å². The van der Waals surface area contributed by atoms with Gasteiger partial charge in [0.05, 0.1) is 0 Å². The molecule has 0 unspecified atom stereocenters. The van der Waals surface area contributed by atoms with Gasteiger partial charge in [-0.3, -0.25) is 0 Å². The second kappa shape index (κ2) is 5.65. The van der Waals surface area contributed by atoms with E-state index in [0.717, 1.165) is 25.1 Å². The Morgan fingerprint density at radius 1 is 1.33 bits per heavy atom. The largest absolute Gasteiger partial charge is 0.305 e. The zero-order valence-electron chi connectivity index (χ0n) is 10.4. The van der Waals surface area contributed by atoms with Crippen LogP contribution in [-0.2, 0) is 10.0 Å². The summed E-state index contributed by atoms with van der Waals surface area (Å²) in [5.41, 5.74) is 0.881. The molecular weight excluding hydrogens is 248 g/mol. The zero-order chi connectivity index (χ0) is 13.0. The van der Waals surface area contributed by atoms with Gasteiger partial charge in [0.25, 0.3) is 0 Å². The van der Waals surface area contributed by atoms with E-state index >= 15 is 0 Å². The first kappa shape index (κ1) is 13.3. The Bertz CT molecular complexity index is 511. The van der Waals surface area contributed by atoms with E-state index in [1.807, 2.05) is 37.4 Å². The molecule has 1 N–H and O–H groups in total. The van der Waals surface area contributed by atoms with E-state index in [4.69, 9.17) is 0 Å². The van der Waals surface area contributed by atoms with Crippen LogP contribution < -0.4 is 4.72 Å². The number of sulfonamides is 1. The Hall–Kier alpha value is -1.17. The van der Waals surface area contributed by atoms with E-state index < -0.39 is 10.0 Å². The van der Waals surface area contributed by atoms with E-state index in [-0.39, 0.29) is 6.04 Å². The van der Waals surface area contributed by atoms with Gasteiger partial charge in [0, 0.05) is 18.0 Å². The topological polar surface area (TPSA) is 49.4 Å². The molecule has 0 radical (unpaired) electrons. The molecule has 1 fully saturated rings. The van der Waals surface area contributed by atoms with E-state index in [9.17, 15) is 8.42 Å². The van der Waals surface area contributed by atoms with Gasteiger partial charge in [-0.15, -0.1) is 0 Å². The van der Waals surface area contributed by atoms with E-state index in [2.05, 4.69) is 9.62 Å². The Balaban J connectivity index is 1.97. The van der Waals surface area contributed by atoms with Gasteiger partial charge in [0.2, 0.25) is 10.0 Å². The molecule has 1 saturated heterocycles. The maximum Gasteiger partial charge on any atom is 0.234 e. The minimum absolute atomic E-state index is 0.0282. The molecule has 0 bridgehead atoms. The van der Waals surface area contributed by atoms with Gasteiger partial charge in [-0.2, -0.15) is 0 Å². The number of nitrogens with one attached hydrogen (secondary N) is 1. The van der Waals surface area contributed by atoms with Crippen molar-refractivity contribution in [3.8, 4) is 0 Å². The molecule has 1 aliphatic rings. The lowest BCUT2D eigenvalue weighted by Crippen LogP contribution is -2.35. The summed E-state index contributed by atoms with van der Waals surface area (Å²) in [6.45, 7) is 1.72. The van der Waals surface area contributed by atoms with Crippen molar-refractivity contribution in [2.24, 2.45) is 0 Å². The lowest BCUT2D eigenvalue weighted by molar-refractivity contribution is 0.407. The Morgan fingerprint density at radius 3 is 2.67 bits per heavy atom. The predicted octanol–water partition coefficient (Wildman–Crippen LogP) is 1.28. The third kappa shape index (κ3) is 3.94. The van der Waals surface area contributed by atoms with E-state index in [1.54, 1.807) is 6.08 Å². The summed E-state index contributed by atoms with van der Waals surface area (Å²) in [4.78, 5) is 2.12. The SMILES string of the molecule is CN1CC[C@@H](NS(=O)(=O)/C=C/c2ccccc2)C1. The molecule has 1 aromatic carbocycles. The lowest BCUT2D eigenvalue weighted by atomic mass is 10.2. The molecule has 1 atom stereocenters. The first-order valence-corrected chi connectivity index (χ1v) is 7.54. The van der Waals surface area contributed by atoms with Crippen LogP contribution in [0.4, 0.5) is 0 Å². The van der Waals surface area contributed by atoms with Gasteiger partial charge in [0.15, 0.2) is 0 Å². The highest BCUT2D eigenvalue weighted by molar-refractivity contribution is 7.92. The minimum atomic E-state index is -3.34. The van der Waals surface area contributed by atoms with Crippen molar-refractivity contribution in [1.29, 1.82) is 0 Å². The van der Waals surface area contributed by atoms with Crippen molar-refractivity contribution >= 4 is 16.1 Å². The van der Waals surface area contributed by atoms with Crippen LogP contribution in [0.1, 0.15) is 12.0 Å². The summed E-state index contributed by atoms with van der Waals surface area (Å²) in [6.07, 6.45) is 2.48. The van der Waals surface area contributed by atoms with Crippen LogP contribution in [-0.4, -0.2) is 39.5 Å².